The summed E-state index contributed by atoms with van der Waals surface area (Å²) in [6.07, 6.45) is -1.32. The van der Waals surface area contributed by atoms with Crippen LogP contribution in [0.4, 0.5) is 5.69 Å². The monoisotopic (exact) mass is 387 g/mol. The standard InChI is InChI=1S/C15H11Cl2NO5S/c16-9-1-4-11(5-2-9)24(21,22)18-8-14(15(19)20)23-13-6-3-10(17)7-12(13)18/h1-7,14H,8H2,(H,19,20)/t14-/m1/s1. The average molecular weight is 388 g/mol. The van der Waals surface area contributed by atoms with E-state index >= 15 is 0 Å². The number of fused-ring (bicyclic) bond motifs is 1. The maximum atomic E-state index is 12.9. The molecule has 0 fully saturated rings. The summed E-state index contributed by atoms with van der Waals surface area (Å²) in [5.41, 5.74) is 0.190. The molecule has 1 N–H and O–H groups in total. The molecular weight excluding hydrogens is 377 g/mol. The number of carboxylic acid groups (broad SMARTS) is 1. The normalized spacial score (nSPS) is 17.1. The maximum absolute atomic E-state index is 12.9. The number of carboxylic acids is 1. The zero-order valence-corrected chi connectivity index (χ0v) is 14.3. The van der Waals surface area contributed by atoms with Crippen molar-refractivity contribution in [2.24, 2.45) is 0 Å². The lowest BCUT2D eigenvalue weighted by atomic mass is 10.2. The van der Waals surface area contributed by atoms with Crippen LogP contribution in [0.15, 0.2) is 47.4 Å². The lowest BCUT2D eigenvalue weighted by Crippen LogP contribution is -2.47. The van der Waals surface area contributed by atoms with Gasteiger partial charge in [-0.2, -0.15) is 0 Å². The van der Waals surface area contributed by atoms with E-state index in [4.69, 9.17) is 27.9 Å². The van der Waals surface area contributed by atoms with Gasteiger partial charge in [-0.3, -0.25) is 4.31 Å². The number of ether oxygens (including phenoxy) is 1. The van der Waals surface area contributed by atoms with Crippen LogP contribution in [-0.4, -0.2) is 32.1 Å². The van der Waals surface area contributed by atoms with Crippen molar-refractivity contribution < 1.29 is 23.1 Å². The van der Waals surface area contributed by atoms with Crippen LogP contribution >= 0.6 is 23.2 Å². The van der Waals surface area contributed by atoms with E-state index in [2.05, 4.69) is 0 Å². The first-order valence-electron chi connectivity index (χ1n) is 6.76. The second kappa shape index (κ2) is 6.16. The van der Waals surface area contributed by atoms with Crippen molar-refractivity contribution in [1.29, 1.82) is 0 Å². The Kier molecular flexibility index (Phi) is 4.33. The van der Waals surface area contributed by atoms with Crippen molar-refractivity contribution in [1.82, 2.24) is 0 Å². The molecule has 2 aromatic carbocycles. The summed E-state index contributed by atoms with van der Waals surface area (Å²) >= 11 is 11.7. The van der Waals surface area contributed by atoms with Crippen LogP contribution in [0.2, 0.25) is 10.0 Å². The fraction of sp³-hybridized carbons (Fsp3) is 0.133. The Morgan fingerprint density at radius 3 is 2.38 bits per heavy atom. The van der Waals surface area contributed by atoms with Crippen LogP contribution < -0.4 is 9.04 Å². The molecular formula is C15H11Cl2NO5S. The van der Waals surface area contributed by atoms with E-state index in [1.807, 2.05) is 0 Å². The summed E-state index contributed by atoms with van der Waals surface area (Å²) in [6, 6.07) is 9.96. The van der Waals surface area contributed by atoms with Gasteiger partial charge < -0.3 is 9.84 Å². The molecule has 0 radical (unpaired) electrons. The van der Waals surface area contributed by atoms with E-state index in [0.29, 0.717) is 10.0 Å². The highest BCUT2D eigenvalue weighted by Crippen LogP contribution is 2.38. The van der Waals surface area contributed by atoms with Crippen LogP contribution in [0.5, 0.6) is 5.75 Å². The summed E-state index contributed by atoms with van der Waals surface area (Å²) in [5.74, 6) is -1.12. The predicted octanol–water partition coefficient (Wildman–Crippen LogP) is 3.03. The van der Waals surface area contributed by atoms with Crippen molar-refractivity contribution in [3.8, 4) is 5.75 Å². The Balaban J connectivity index is 2.13. The quantitative estimate of drug-likeness (QED) is 0.874. The first-order chi connectivity index (χ1) is 11.3. The molecule has 0 unspecified atom stereocenters. The molecule has 3 rings (SSSR count). The van der Waals surface area contributed by atoms with Crippen LogP contribution in [0, 0.1) is 0 Å². The third-order valence-electron chi connectivity index (χ3n) is 3.47. The number of benzene rings is 2. The van der Waals surface area contributed by atoms with Crippen LogP contribution in [0.3, 0.4) is 0 Å². The van der Waals surface area contributed by atoms with Gasteiger partial charge in [-0.1, -0.05) is 23.2 Å². The van der Waals surface area contributed by atoms with Gasteiger partial charge in [0.1, 0.15) is 5.75 Å². The highest BCUT2D eigenvalue weighted by molar-refractivity contribution is 7.92. The third kappa shape index (κ3) is 3.02. The molecule has 0 aromatic heterocycles. The van der Waals surface area contributed by atoms with Gasteiger partial charge in [0.25, 0.3) is 10.0 Å². The van der Waals surface area contributed by atoms with E-state index < -0.39 is 22.1 Å². The zero-order valence-electron chi connectivity index (χ0n) is 12.0. The van der Waals surface area contributed by atoms with Gasteiger partial charge in [-0.25, -0.2) is 13.2 Å². The van der Waals surface area contributed by atoms with Crippen molar-refractivity contribution >= 4 is 44.9 Å². The van der Waals surface area contributed by atoms with Gasteiger partial charge in [-0.15, -0.1) is 0 Å². The molecule has 0 spiro atoms. The molecule has 0 saturated heterocycles. The van der Waals surface area contributed by atoms with Gasteiger partial charge >= 0.3 is 5.97 Å². The van der Waals surface area contributed by atoms with Crippen LogP contribution in [0.1, 0.15) is 0 Å². The van der Waals surface area contributed by atoms with E-state index in [0.717, 1.165) is 4.31 Å². The molecule has 1 atom stereocenters. The summed E-state index contributed by atoms with van der Waals surface area (Å²) in [6.45, 7) is -0.367. The first kappa shape index (κ1) is 16.9. The number of hydrogen-bond acceptors (Lipinski definition) is 4. The minimum Gasteiger partial charge on any atom is -0.478 e. The smallest absolute Gasteiger partial charge is 0.346 e. The lowest BCUT2D eigenvalue weighted by Gasteiger charge is -2.33. The SMILES string of the molecule is O=C(O)[C@H]1CN(S(=O)(=O)c2ccc(Cl)cc2)c2cc(Cl)ccc2O1. The maximum Gasteiger partial charge on any atom is 0.346 e. The van der Waals surface area contributed by atoms with Gasteiger partial charge in [0.15, 0.2) is 0 Å². The second-order valence-electron chi connectivity index (χ2n) is 5.05. The van der Waals surface area contributed by atoms with Gasteiger partial charge in [0, 0.05) is 10.0 Å². The topological polar surface area (TPSA) is 83.9 Å². The number of hydrogen-bond donors (Lipinski definition) is 1. The molecule has 126 valence electrons. The molecule has 0 saturated carbocycles. The van der Waals surface area contributed by atoms with Crippen LogP contribution in [-0.2, 0) is 14.8 Å². The number of aliphatic carboxylic acids is 1. The highest BCUT2D eigenvalue weighted by Gasteiger charge is 2.37. The molecule has 24 heavy (non-hydrogen) atoms. The van der Waals surface area contributed by atoms with Crippen molar-refractivity contribution in [2.75, 3.05) is 10.8 Å². The number of nitrogens with zero attached hydrogens (tertiary/aromatic N) is 1. The summed E-state index contributed by atoms with van der Waals surface area (Å²) < 4.78 is 32.2. The van der Waals surface area contributed by atoms with Crippen molar-refractivity contribution in [2.45, 2.75) is 11.0 Å². The molecule has 6 nitrogen and oxygen atoms in total. The largest absolute Gasteiger partial charge is 0.478 e. The van der Waals surface area contributed by atoms with Gasteiger partial charge in [0.2, 0.25) is 6.10 Å². The number of sulfonamides is 1. The molecule has 1 heterocycles. The molecule has 9 heteroatoms. The van der Waals surface area contributed by atoms with Crippen molar-refractivity contribution in [3.63, 3.8) is 0 Å². The van der Waals surface area contributed by atoms with E-state index in [1.165, 1.54) is 42.5 Å². The molecule has 1 aliphatic rings. The Bertz CT molecular complexity index is 899. The summed E-state index contributed by atoms with van der Waals surface area (Å²) in [4.78, 5) is 11.3. The fourth-order valence-corrected chi connectivity index (χ4v) is 4.07. The number of anilines is 1. The third-order valence-corrected chi connectivity index (χ3v) is 5.75. The van der Waals surface area contributed by atoms with E-state index in [-0.39, 0.29) is 22.9 Å². The summed E-state index contributed by atoms with van der Waals surface area (Å²) in [5, 5.41) is 9.92. The van der Waals surface area contributed by atoms with E-state index in [9.17, 15) is 18.3 Å². The van der Waals surface area contributed by atoms with Gasteiger partial charge in [0.05, 0.1) is 17.1 Å². The summed E-state index contributed by atoms with van der Waals surface area (Å²) in [7, 11) is -4.00. The molecule has 0 bridgehead atoms. The lowest BCUT2D eigenvalue weighted by molar-refractivity contribution is -0.144. The zero-order chi connectivity index (χ0) is 17.5. The second-order valence-corrected chi connectivity index (χ2v) is 7.78. The number of carbonyl (C=O) groups is 1. The first-order valence-corrected chi connectivity index (χ1v) is 8.96. The minimum absolute atomic E-state index is 0.0103. The Morgan fingerprint density at radius 2 is 1.75 bits per heavy atom. The number of halogens is 2. The van der Waals surface area contributed by atoms with Gasteiger partial charge in [-0.05, 0) is 42.5 Å². The number of rotatable bonds is 3. The Labute approximate surface area is 148 Å². The van der Waals surface area contributed by atoms with Crippen molar-refractivity contribution in [3.05, 3.63) is 52.5 Å². The average Bonchev–Trinajstić information content (AvgIpc) is 2.54. The Hall–Kier alpha value is -1.96. The molecule has 0 amide bonds. The Morgan fingerprint density at radius 1 is 1.12 bits per heavy atom. The minimum atomic E-state index is -4.00. The molecule has 0 aliphatic carbocycles. The van der Waals surface area contributed by atoms with E-state index in [1.54, 1.807) is 0 Å². The highest BCUT2D eigenvalue weighted by atomic mass is 35.5. The predicted molar refractivity (Wildman–Crippen MR) is 89.5 cm³/mol. The molecule has 2 aromatic rings. The molecule has 1 aliphatic heterocycles. The van der Waals surface area contributed by atoms with Crippen LogP contribution in [0.25, 0.3) is 0 Å². The fourth-order valence-electron chi connectivity index (χ4n) is 2.31.